The molecule has 1 aromatic heterocycles. The third kappa shape index (κ3) is 3.81. The maximum absolute atomic E-state index is 13.2. The normalized spacial score (nSPS) is 20.2. The minimum Gasteiger partial charge on any atom is -0.335 e. The first kappa shape index (κ1) is 19.4. The monoisotopic (exact) mass is 394 g/mol. The molecule has 0 saturated carbocycles. The fraction of sp³-hybridized carbons (Fsp3) is 0.455. The van der Waals surface area contributed by atoms with Gasteiger partial charge in [0, 0.05) is 25.0 Å². The average Bonchev–Trinajstić information content (AvgIpc) is 2.94. The molecule has 1 unspecified atom stereocenters. The van der Waals surface area contributed by atoms with Crippen molar-refractivity contribution in [3.63, 3.8) is 0 Å². The van der Waals surface area contributed by atoms with Gasteiger partial charge in [0.25, 0.3) is 5.91 Å². The van der Waals surface area contributed by atoms with Gasteiger partial charge in [-0.3, -0.25) is 14.4 Å². The Morgan fingerprint density at radius 3 is 2.72 bits per heavy atom. The summed E-state index contributed by atoms with van der Waals surface area (Å²) >= 11 is 0. The fourth-order valence-electron chi connectivity index (χ4n) is 4.17. The van der Waals surface area contributed by atoms with E-state index in [0.717, 1.165) is 10.9 Å². The van der Waals surface area contributed by atoms with Gasteiger partial charge in [-0.1, -0.05) is 38.1 Å². The molecule has 0 bridgehead atoms. The predicted molar refractivity (Wildman–Crippen MR) is 109 cm³/mol. The Morgan fingerprint density at radius 2 is 1.93 bits per heavy atom. The van der Waals surface area contributed by atoms with Crippen LogP contribution in [0.5, 0.6) is 0 Å². The van der Waals surface area contributed by atoms with E-state index >= 15 is 0 Å². The van der Waals surface area contributed by atoms with Gasteiger partial charge in [0.1, 0.15) is 11.7 Å². The van der Waals surface area contributed by atoms with Crippen LogP contribution >= 0.6 is 0 Å². The van der Waals surface area contributed by atoms with E-state index in [9.17, 15) is 14.4 Å². The molecule has 3 amide bonds. The second-order valence-electron chi connectivity index (χ2n) is 8.21. The molecule has 2 aliphatic heterocycles. The molecular weight excluding hydrogens is 368 g/mol. The Morgan fingerprint density at radius 1 is 1.14 bits per heavy atom. The molecule has 2 aromatic rings. The molecule has 0 spiro atoms. The zero-order valence-corrected chi connectivity index (χ0v) is 16.9. The summed E-state index contributed by atoms with van der Waals surface area (Å²) < 4.78 is 0. The molecule has 0 radical (unpaired) electrons. The van der Waals surface area contributed by atoms with Gasteiger partial charge < -0.3 is 14.7 Å². The summed E-state index contributed by atoms with van der Waals surface area (Å²) in [6.07, 6.45) is 0.652. The standard InChI is InChI=1S/C22H26N4O3/c1-15(2)12-25-14-20(27)26-11-5-10-24(13-19(26)22(25)29)21(28)18-9-8-16-6-3-4-7-17(16)23-18/h3-4,6-9,15,19H,5,10-14H2,1-2H3. The van der Waals surface area contributed by atoms with Crippen molar-refractivity contribution < 1.29 is 14.4 Å². The van der Waals surface area contributed by atoms with Gasteiger partial charge in [0.05, 0.1) is 18.6 Å². The van der Waals surface area contributed by atoms with E-state index in [2.05, 4.69) is 4.98 Å². The number of carbonyl (C=O) groups excluding carboxylic acids is 3. The number of hydrogen-bond donors (Lipinski definition) is 0. The van der Waals surface area contributed by atoms with Crippen LogP contribution in [0.15, 0.2) is 36.4 Å². The first-order valence-electron chi connectivity index (χ1n) is 10.2. The second-order valence-corrected chi connectivity index (χ2v) is 8.21. The lowest BCUT2D eigenvalue weighted by Gasteiger charge is -2.40. The number of benzene rings is 1. The summed E-state index contributed by atoms with van der Waals surface area (Å²) in [6.45, 7) is 5.96. The predicted octanol–water partition coefficient (Wildman–Crippen LogP) is 1.78. The summed E-state index contributed by atoms with van der Waals surface area (Å²) in [6, 6.07) is 10.7. The lowest BCUT2D eigenvalue weighted by Crippen LogP contribution is -2.62. The molecule has 2 fully saturated rings. The van der Waals surface area contributed by atoms with E-state index in [4.69, 9.17) is 0 Å². The van der Waals surface area contributed by atoms with E-state index in [-0.39, 0.29) is 36.7 Å². The number of piperazine rings is 1. The third-order valence-corrected chi connectivity index (χ3v) is 5.53. The van der Waals surface area contributed by atoms with Crippen LogP contribution in [0.25, 0.3) is 10.9 Å². The number of fused-ring (bicyclic) bond motifs is 2. The molecule has 1 atom stereocenters. The van der Waals surface area contributed by atoms with Crippen LogP contribution < -0.4 is 0 Å². The lowest BCUT2D eigenvalue weighted by molar-refractivity contribution is -0.156. The first-order chi connectivity index (χ1) is 13.9. The SMILES string of the molecule is CC(C)CN1CC(=O)N2CCCN(C(=O)c3ccc4ccccc4n3)CC2C1=O. The van der Waals surface area contributed by atoms with Crippen molar-refractivity contribution in [2.75, 3.05) is 32.7 Å². The number of nitrogens with zero attached hydrogens (tertiary/aromatic N) is 4. The van der Waals surface area contributed by atoms with E-state index in [1.165, 1.54) is 0 Å². The molecule has 3 heterocycles. The van der Waals surface area contributed by atoms with Crippen molar-refractivity contribution in [2.45, 2.75) is 26.3 Å². The minimum atomic E-state index is -0.609. The highest BCUT2D eigenvalue weighted by atomic mass is 16.2. The second kappa shape index (κ2) is 7.81. The maximum Gasteiger partial charge on any atom is 0.272 e. The quantitative estimate of drug-likeness (QED) is 0.795. The Hall–Kier alpha value is -2.96. The topological polar surface area (TPSA) is 73.8 Å². The van der Waals surface area contributed by atoms with Gasteiger partial charge in [0.15, 0.2) is 0 Å². The number of pyridine rings is 1. The van der Waals surface area contributed by atoms with Crippen molar-refractivity contribution in [1.29, 1.82) is 0 Å². The molecule has 2 saturated heterocycles. The smallest absolute Gasteiger partial charge is 0.272 e. The van der Waals surface area contributed by atoms with Crippen LogP contribution in [0.2, 0.25) is 0 Å². The lowest BCUT2D eigenvalue weighted by atomic mass is 10.1. The van der Waals surface area contributed by atoms with Crippen LogP contribution in [-0.2, 0) is 9.59 Å². The molecule has 2 aliphatic rings. The number of rotatable bonds is 3. The van der Waals surface area contributed by atoms with Crippen molar-refractivity contribution in [3.05, 3.63) is 42.1 Å². The molecule has 152 valence electrons. The highest BCUT2D eigenvalue weighted by molar-refractivity contribution is 5.97. The average molecular weight is 394 g/mol. The van der Waals surface area contributed by atoms with Crippen LogP contribution in [-0.4, -0.2) is 76.2 Å². The van der Waals surface area contributed by atoms with E-state index < -0.39 is 6.04 Å². The molecule has 7 nitrogen and oxygen atoms in total. The molecule has 29 heavy (non-hydrogen) atoms. The van der Waals surface area contributed by atoms with Crippen molar-refractivity contribution in [2.24, 2.45) is 5.92 Å². The summed E-state index contributed by atoms with van der Waals surface area (Å²) in [4.78, 5) is 48.3. The van der Waals surface area contributed by atoms with Crippen LogP contribution in [0.3, 0.4) is 0 Å². The number of para-hydroxylation sites is 1. The van der Waals surface area contributed by atoms with Gasteiger partial charge in [-0.2, -0.15) is 0 Å². The summed E-state index contributed by atoms with van der Waals surface area (Å²) in [5, 5.41) is 0.975. The molecule has 4 rings (SSSR count). The molecule has 7 heteroatoms. The molecule has 1 aromatic carbocycles. The van der Waals surface area contributed by atoms with Gasteiger partial charge in [-0.25, -0.2) is 4.98 Å². The largest absolute Gasteiger partial charge is 0.335 e. The zero-order chi connectivity index (χ0) is 20.5. The molecule has 0 aliphatic carbocycles. The number of carbonyl (C=O) groups is 3. The Bertz CT molecular complexity index is 958. The van der Waals surface area contributed by atoms with Crippen LogP contribution in [0.1, 0.15) is 30.8 Å². The molecule has 0 N–H and O–H groups in total. The van der Waals surface area contributed by atoms with Crippen LogP contribution in [0, 0.1) is 5.92 Å². The van der Waals surface area contributed by atoms with E-state index in [1.54, 1.807) is 20.8 Å². The van der Waals surface area contributed by atoms with Crippen LogP contribution in [0.4, 0.5) is 0 Å². The highest BCUT2D eigenvalue weighted by Gasteiger charge is 2.42. The summed E-state index contributed by atoms with van der Waals surface area (Å²) in [5.74, 6) is -0.0136. The highest BCUT2D eigenvalue weighted by Crippen LogP contribution is 2.21. The van der Waals surface area contributed by atoms with Crippen molar-refractivity contribution in [1.82, 2.24) is 19.7 Å². The van der Waals surface area contributed by atoms with E-state index in [0.29, 0.717) is 31.7 Å². The van der Waals surface area contributed by atoms with Crippen molar-refractivity contribution in [3.8, 4) is 0 Å². The third-order valence-electron chi connectivity index (χ3n) is 5.53. The summed E-state index contributed by atoms with van der Waals surface area (Å²) in [7, 11) is 0. The minimum absolute atomic E-state index is 0.0339. The summed E-state index contributed by atoms with van der Waals surface area (Å²) in [5.41, 5.74) is 1.13. The van der Waals surface area contributed by atoms with E-state index in [1.807, 2.05) is 44.2 Å². The maximum atomic E-state index is 13.2. The first-order valence-corrected chi connectivity index (χ1v) is 10.2. The fourth-order valence-corrected chi connectivity index (χ4v) is 4.17. The van der Waals surface area contributed by atoms with Crippen molar-refractivity contribution >= 4 is 28.6 Å². The Balaban J connectivity index is 1.57. The molecular formula is C22H26N4O3. The Labute approximate surface area is 170 Å². The van der Waals surface area contributed by atoms with Gasteiger partial charge in [0.2, 0.25) is 11.8 Å². The number of amides is 3. The Kier molecular flexibility index (Phi) is 5.22. The zero-order valence-electron chi connectivity index (χ0n) is 16.9. The van der Waals surface area contributed by atoms with Gasteiger partial charge in [-0.15, -0.1) is 0 Å². The number of aromatic nitrogens is 1. The van der Waals surface area contributed by atoms with Gasteiger partial charge in [-0.05, 0) is 24.5 Å². The van der Waals surface area contributed by atoms with Gasteiger partial charge >= 0.3 is 0 Å². The number of hydrogen-bond acceptors (Lipinski definition) is 4.